The van der Waals surface area contributed by atoms with E-state index < -0.39 is 4.92 Å². The number of carbonyl (C=O) groups excluding carboxylic acids is 1. The predicted octanol–water partition coefficient (Wildman–Crippen LogP) is 1.87. The minimum atomic E-state index is -0.482. The van der Waals surface area contributed by atoms with E-state index in [-0.39, 0.29) is 11.8 Å². The van der Waals surface area contributed by atoms with Crippen LogP contribution in [0.3, 0.4) is 0 Å². The molecule has 1 aromatic carbocycles. The van der Waals surface area contributed by atoms with Crippen molar-refractivity contribution < 1.29 is 14.5 Å². The van der Waals surface area contributed by atoms with Gasteiger partial charge in [-0.1, -0.05) is 0 Å². The summed E-state index contributed by atoms with van der Waals surface area (Å²) >= 11 is 0. The summed E-state index contributed by atoms with van der Waals surface area (Å²) in [5.74, 6) is 0.330. The first-order valence-electron chi connectivity index (χ1n) is 6.98. The van der Waals surface area contributed by atoms with Gasteiger partial charge in [-0.05, 0) is 32.0 Å². The Morgan fingerprint density at radius 1 is 1.24 bits per heavy atom. The second-order valence-corrected chi connectivity index (χ2v) is 5.57. The quantitative estimate of drug-likeness (QED) is 0.614. The minimum Gasteiger partial charge on any atom is -0.410 e. The van der Waals surface area contributed by atoms with Gasteiger partial charge in [-0.15, -0.1) is 0 Å². The molecule has 2 aliphatic heterocycles. The van der Waals surface area contributed by atoms with Gasteiger partial charge in [0.25, 0.3) is 5.69 Å². The van der Waals surface area contributed by atoms with Crippen LogP contribution in [-0.4, -0.2) is 53.0 Å². The summed E-state index contributed by atoms with van der Waals surface area (Å²) in [5, 5.41) is 10.6. The van der Waals surface area contributed by atoms with Crippen LogP contribution in [0.1, 0.15) is 12.8 Å². The number of fused-ring (bicyclic) bond motifs is 2. The molecule has 0 spiro atoms. The van der Waals surface area contributed by atoms with Crippen LogP contribution in [0.4, 0.5) is 10.5 Å². The Morgan fingerprint density at radius 2 is 1.81 bits per heavy atom. The van der Waals surface area contributed by atoms with Gasteiger partial charge in [-0.2, -0.15) is 0 Å². The molecule has 3 rings (SSSR count). The molecule has 2 atom stereocenters. The van der Waals surface area contributed by atoms with Crippen molar-refractivity contribution in [2.24, 2.45) is 0 Å². The van der Waals surface area contributed by atoms with E-state index in [4.69, 9.17) is 4.74 Å². The molecule has 2 bridgehead atoms. The van der Waals surface area contributed by atoms with E-state index in [1.54, 1.807) is 4.90 Å². The van der Waals surface area contributed by atoms with Gasteiger partial charge >= 0.3 is 6.09 Å². The van der Waals surface area contributed by atoms with E-state index in [1.165, 1.54) is 24.3 Å². The van der Waals surface area contributed by atoms with Gasteiger partial charge < -0.3 is 9.64 Å². The van der Waals surface area contributed by atoms with Crippen molar-refractivity contribution in [3.05, 3.63) is 34.4 Å². The number of ether oxygens (including phenoxy) is 1. The Hall–Kier alpha value is -2.15. The Bertz CT molecular complexity index is 546. The summed E-state index contributed by atoms with van der Waals surface area (Å²) in [6.07, 6.45) is 1.85. The van der Waals surface area contributed by atoms with Gasteiger partial charge in [0.05, 0.1) is 4.92 Å². The van der Waals surface area contributed by atoms with E-state index in [9.17, 15) is 14.9 Å². The lowest BCUT2D eigenvalue weighted by atomic mass is 10.2. The maximum Gasteiger partial charge on any atom is 0.415 e. The largest absolute Gasteiger partial charge is 0.415 e. The SMILES string of the molecule is CN1C2CCC1CN(C(=O)Oc1ccc([N+](=O)[O-])cc1)C2. The molecule has 0 aliphatic carbocycles. The number of likely N-dealkylation sites (tertiary alicyclic amines) is 1. The monoisotopic (exact) mass is 291 g/mol. The van der Waals surface area contributed by atoms with Gasteiger partial charge in [0.2, 0.25) is 0 Å². The molecule has 0 aromatic heterocycles. The van der Waals surface area contributed by atoms with Gasteiger partial charge in [0.1, 0.15) is 5.75 Å². The first-order chi connectivity index (χ1) is 10.0. The molecule has 0 N–H and O–H groups in total. The van der Waals surface area contributed by atoms with Gasteiger partial charge in [-0.25, -0.2) is 4.79 Å². The van der Waals surface area contributed by atoms with Gasteiger partial charge in [0.15, 0.2) is 0 Å². The Kier molecular flexibility index (Phi) is 3.50. The van der Waals surface area contributed by atoms with Crippen LogP contribution in [-0.2, 0) is 0 Å². The number of nitro groups is 1. The summed E-state index contributed by atoms with van der Waals surface area (Å²) in [7, 11) is 2.10. The summed E-state index contributed by atoms with van der Waals surface area (Å²) < 4.78 is 5.29. The molecule has 7 heteroatoms. The topological polar surface area (TPSA) is 75.9 Å². The Morgan fingerprint density at radius 3 is 2.33 bits per heavy atom. The maximum absolute atomic E-state index is 12.2. The average molecular weight is 291 g/mol. The summed E-state index contributed by atoms with van der Waals surface area (Å²) in [6.45, 7) is 1.36. The zero-order valence-corrected chi connectivity index (χ0v) is 11.8. The van der Waals surface area contributed by atoms with Crippen molar-refractivity contribution in [3.63, 3.8) is 0 Å². The normalized spacial score (nSPS) is 24.9. The highest BCUT2D eigenvalue weighted by Gasteiger charge is 2.39. The smallest absolute Gasteiger partial charge is 0.410 e. The fraction of sp³-hybridized carbons (Fsp3) is 0.500. The van der Waals surface area contributed by atoms with Gasteiger partial charge in [-0.3, -0.25) is 15.0 Å². The third kappa shape index (κ3) is 2.69. The summed E-state index contributed by atoms with van der Waals surface area (Å²) in [6, 6.07) is 6.37. The second kappa shape index (κ2) is 5.33. The highest BCUT2D eigenvalue weighted by molar-refractivity contribution is 5.71. The number of benzene rings is 1. The molecule has 0 saturated carbocycles. The van der Waals surface area contributed by atoms with Crippen LogP contribution in [0, 0.1) is 10.1 Å². The first-order valence-corrected chi connectivity index (χ1v) is 6.98. The lowest BCUT2D eigenvalue weighted by Crippen LogP contribution is -2.54. The zero-order valence-electron chi connectivity index (χ0n) is 11.8. The lowest BCUT2D eigenvalue weighted by Gasteiger charge is -2.38. The van der Waals surface area contributed by atoms with E-state index >= 15 is 0 Å². The highest BCUT2D eigenvalue weighted by Crippen LogP contribution is 2.29. The molecule has 2 heterocycles. The van der Waals surface area contributed by atoms with Crippen LogP contribution >= 0.6 is 0 Å². The molecule has 1 aromatic rings. The summed E-state index contributed by atoms with van der Waals surface area (Å²) in [5.41, 5.74) is -0.0209. The molecular formula is C14H17N3O4. The zero-order chi connectivity index (χ0) is 15.0. The van der Waals surface area contributed by atoms with Gasteiger partial charge in [0, 0.05) is 37.3 Å². The Balaban J connectivity index is 1.63. The van der Waals surface area contributed by atoms with Crippen LogP contribution < -0.4 is 4.74 Å². The van der Waals surface area contributed by atoms with Crippen molar-refractivity contribution in [2.45, 2.75) is 24.9 Å². The molecule has 7 nitrogen and oxygen atoms in total. The molecule has 2 unspecified atom stereocenters. The molecule has 2 saturated heterocycles. The highest BCUT2D eigenvalue weighted by atomic mass is 16.6. The molecule has 1 amide bonds. The van der Waals surface area contributed by atoms with Crippen molar-refractivity contribution in [2.75, 3.05) is 20.1 Å². The standard InChI is InChI=1S/C14H17N3O4/c1-15-11-2-3-12(15)9-16(8-11)14(18)21-13-6-4-10(5-7-13)17(19)20/h4-7,11-12H,2-3,8-9H2,1H3. The molecule has 21 heavy (non-hydrogen) atoms. The van der Waals surface area contributed by atoms with Crippen LogP contribution in [0.15, 0.2) is 24.3 Å². The van der Waals surface area contributed by atoms with Crippen molar-refractivity contribution >= 4 is 11.8 Å². The molecular weight excluding hydrogens is 274 g/mol. The predicted molar refractivity (Wildman–Crippen MR) is 75.3 cm³/mol. The average Bonchev–Trinajstić information content (AvgIpc) is 2.69. The summed E-state index contributed by atoms with van der Waals surface area (Å²) in [4.78, 5) is 26.3. The number of non-ortho nitro benzene ring substituents is 1. The number of amides is 1. The number of rotatable bonds is 2. The van der Waals surface area contributed by atoms with E-state index in [1.807, 2.05) is 0 Å². The lowest BCUT2D eigenvalue weighted by molar-refractivity contribution is -0.384. The fourth-order valence-electron chi connectivity index (χ4n) is 3.06. The minimum absolute atomic E-state index is 0.0209. The fourth-order valence-corrected chi connectivity index (χ4v) is 3.06. The van der Waals surface area contributed by atoms with Crippen molar-refractivity contribution in [3.8, 4) is 5.75 Å². The van der Waals surface area contributed by atoms with E-state index in [0.29, 0.717) is 30.9 Å². The van der Waals surface area contributed by atoms with Crippen molar-refractivity contribution in [1.29, 1.82) is 0 Å². The molecule has 2 fully saturated rings. The molecule has 2 aliphatic rings. The first kappa shape index (κ1) is 13.8. The second-order valence-electron chi connectivity index (χ2n) is 5.57. The number of nitrogens with zero attached hydrogens (tertiary/aromatic N) is 3. The molecule has 0 radical (unpaired) electrons. The third-order valence-corrected chi connectivity index (χ3v) is 4.36. The Labute approximate surface area is 122 Å². The van der Waals surface area contributed by atoms with Crippen LogP contribution in [0.25, 0.3) is 0 Å². The van der Waals surface area contributed by atoms with E-state index in [2.05, 4.69) is 11.9 Å². The number of carbonyl (C=O) groups is 1. The van der Waals surface area contributed by atoms with Crippen LogP contribution in [0.5, 0.6) is 5.75 Å². The van der Waals surface area contributed by atoms with Crippen LogP contribution in [0.2, 0.25) is 0 Å². The number of piperazine rings is 1. The maximum atomic E-state index is 12.2. The third-order valence-electron chi connectivity index (χ3n) is 4.36. The number of nitro benzene ring substituents is 1. The molecule has 112 valence electrons. The number of likely N-dealkylation sites (N-methyl/N-ethyl adjacent to an activating group) is 1. The van der Waals surface area contributed by atoms with Crippen molar-refractivity contribution in [1.82, 2.24) is 9.80 Å². The number of hydrogen-bond acceptors (Lipinski definition) is 5. The van der Waals surface area contributed by atoms with E-state index in [0.717, 1.165) is 12.8 Å². The number of hydrogen-bond donors (Lipinski definition) is 0.